The second-order valence-electron chi connectivity index (χ2n) is 6.62. The number of ether oxygens (including phenoxy) is 1. The summed E-state index contributed by atoms with van der Waals surface area (Å²) in [6.07, 6.45) is 2.80. The molecule has 2 aromatic carbocycles. The molecular formula is C23H23N3O2. The molecule has 0 atom stereocenters. The van der Waals surface area contributed by atoms with Crippen molar-refractivity contribution in [1.82, 2.24) is 0 Å². The van der Waals surface area contributed by atoms with Crippen molar-refractivity contribution in [2.24, 2.45) is 15.0 Å². The Hall–Kier alpha value is -3.34. The summed E-state index contributed by atoms with van der Waals surface area (Å²) < 4.78 is 4.71. The van der Waals surface area contributed by atoms with Crippen LogP contribution in [0.2, 0.25) is 0 Å². The Balaban J connectivity index is 1.73. The molecule has 0 saturated carbocycles. The van der Waals surface area contributed by atoms with Crippen LogP contribution < -0.4 is 0 Å². The van der Waals surface area contributed by atoms with Gasteiger partial charge in [0.1, 0.15) is 0 Å². The summed E-state index contributed by atoms with van der Waals surface area (Å²) in [4.78, 5) is 25.5. The van der Waals surface area contributed by atoms with E-state index in [1.807, 2.05) is 26.0 Å². The van der Waals surface area contributed by atoms with E-state index in [0.29, 0.717) is 5.56 Å². The fraction of sp³-hybridized carbons (Fsp3) is 0.217. The first-order valence-corrected chi connectivity index (χ1v) is 9.10. The van der Waals surface area contributed by atoms with Crippen LogP contribution in [-0.4, -0.2) is 30.2 Å². The fourth-order valence-corrected chi connectivity index (χ4v) is 2.81. The average molecular weight is 373 g/mol. The van der Waals surface area contributed by atoms with Crippen molar-refractivity contribution < 1.29 is 9.53 Å². The number of benzene rings is 2. The summed E-state index contributed by atoms with van der Waals surface area (Å²) in [5, 5.41) is 0. The summed E-state index contributed by atoms with van der Waals surface area (Å²) in [6, 6.07) is 15.1. The van der Waals surface area contributed by atoms with Crippen LogP contribution in [0.3, 0.4) is 0 Å². The Morgan fingerprint density at radius 2 is 1.50 bits per heavy atom. The zero-order chi connectivity index (χ0) is 20.1. The summed E-state index contributed by atoms with van der Waals surface area (Å²) in [5.41, 5.74) is 6.94. The number of hydrogen-bond donors (Lipinski definition) is 0. The van der Waals surface area contributed by atoms with Crippen molar-refractivity contribution in [3.8, 4) is 0 Å². The van der Waals surface area contributed by atoms with Gasteiger partial charge in [-0.1, -0.05) is 23.8 Å². The van der Waals surface area contributed by atoms with Crippen LogP contribution in [0.25, 0.3) is 0 Å². The number of carbonyl (C=O) groups is 1. The van der Waals surface area contributed by atoms with Gasteiger partial charge in [0.2, 0.25) is 0 Å². The highest BCUT2D eigenvalue weighted by atomic mass is 16.5. The van der Waals surface area contributed by atoms with E-state index in [1.165, 1.54) is 12.7 Å². The third-order valence-electron chi connectivity index (χ3n) is 4.45. The van der Waals surface area contributed by atoms with Crippen LogP contribution in [0, 0.1) is 6.92 Å². The lowest BCUT2D eigenvalue weighted by molar-refractivity contribution is 0.0601. The quantitative estimate of drug-likeness (QED) is 0.521. The fourth-order valence-electron chi connectivity index (χ4n) is 2.81. The van der Waals surface area contributed by atoms with Crippen LogP contribution in [0.1, 0.15) is 36.2 Å². The molecule has 2 aromatic rings. The molecule has 0 fully saturated rings. The number of nitrogens with zero attached hydrogens (tertiary/aromatic N) is 3. The molecule has 0 aromatic heterocycles. The van der Waals surface area contributed by atoms with Gasteiger partial charge in [0.05, 0.1) is 46.9 Å². The molecule has 5 nitrogen and oxygen atoms in total. The van der Waals surface area contributed by atoms with Crippen molar-refractivity contribution >= 4 is 34.5 Å². The van der Waals surface area contributed by atoms with Crippen molar-refractivity contribution in [3.05, 3.63) is 71.4 Å². The van der Waals surface area contributed by atoms with Gasteiger partial charge < -0.3 is 4.74 Å². The smallest absolute Gasteiger partial charge is 0.337 e. The van der Waals surface area contributed by atoms with E-state index in [-0.39, 0.29) is 5.97 Å². The predicted molar refractivity (Wildman–Crippen MR) is 115 cm³/mol. The third-order valence-corrected chi connectivity index (χ3v) is 4.45. The highest BCUT2D eigenvalue weighted by molar-refractivity contribution is 6.43. The van der Waals surface area contributed by atoms with E-state index in [9.17, 15) is 4.79 Å². The van der Waals surface area contributed by atoms with E-state index in [2.05, 4.69) is 35.1 Å². The minimum Gasteiger partial charge on any atom is -0.465 e. The van der Waals surface area contributed by atoms with Crippen LogP contribution in [-0.2, 0) is 4.74 Å². The standard InChI is InChI=1S/C23H23N3O2/c1-15-5-9-19(10-6-15)24-16(2)21-13-14-22(26-21)17(3)25-20-11-7-18(8-12-20)23(27)28-4/h5-12,14H,13H2,1-4H3. The Labute approximate surface area is 165 Å². The van der Waals surface area contributed by atoms with E-state index >= 15 is 0 Å². The van der Waals surface area contributed by atoms with Crippen LogP contribution >= 0.6 is 0 Å². The first-order valence-electron chi connectivity index (χ1n) is 9.10. The SMILES string of the molecule is COC(=O)c1ccc(N=C(C)C2=CCC(C(C)=Nc3ccc(C)cc3)=N2)cc1. The Kier molecular flexibility index (Phi) is 5.94. The molecule has 0 spiro atoms. The van der Waals surface area contributed by atoms with E-state index in [0.717, 1.165) is 40.6 Å². The normalized spacial score (nSPS) is 14.6. The molecule has 5 heteroatoms. The molecule has 142 valence electrons. The van der Waals surface area contributed by atoms with Gasteiger partial charge in [-0.15, -0.1) is 0 Å². The van der Waals surface area contributed by atoms with Gasteiger partial charge in [0.25, 0.3) is 0 Å². The number of aliphatic imine (C=N–C) groups is 3. The van der Waals surface area contributed by atoms with Gasteiger partial charge in [0.15, 0.2) is 0 Å². The summed E-state index contributed by atoms with van der Waals surface area (Å²) >= 11 is 0. The zero-order valence-electron chi connectivity index (χ0n) is 16.6. The van der Waals surface area contributed by atoms with Crippen molar-refractivity contribution in [1.29, 1.82) is 0 Å². The second-order valence-corrected chi connectivity index (χ2v) is 6.62. The first-order chi connectivity index (χ1) is 13.5. The molecule has 0 aliphatic carbocycles. The van der Waals surface area contributed by atoms with Crippen LogP contribution in [0.15, 0.2) is 75.3 Å². The van der Waals surface area contributed by atoms with E-state index in [4.69, 9.17) is 9.73 Å². The van der Waals surface area contributed by atoms with E-state index in [1.54, 1.807) is 24.3 Å². The molecule has 0 radical (unpaired) electrons. The third kappa shape index (κ3) is 4.68. The largest absolute Gasteiger partial charge is 0.465 e. The number of hydrogen-bond acceptors (Lipinski definition) is 5. The molecule has 1 heterocycles. The summed E-state index contributed by atoms with van der Waals surface area (Å²) in [5.74, 6) is -0.358. The minimum atomic E-state index is -0.358. The van der Waals surface area contributed by atoms with Crippen molar-refractivity contribution in [2.45, 2.75) is 27.2 Å². The number of allylic oxidation sites excluding steroid dienone is 2. The van der Waals surface area contributed by atoms with Gasteiger partial charge in [-0.25, -0.2) is 9.79 Å². The lowest BCUT2D eigenvalue weighted by Crippen LogP contribution is -2.06. The highest BCUT2D eigenvalue weighted by Gasteiger charge is 2.14. The van der Waals surface area contributed by atoms with Crippen LogP contribution in [0.4, 0.5) is 11.4 Å². The maximum atomic E-state index is 11.5. The Morgan fingerprint density at radius 3 is 2.11 bits per heavy atom. The van der Waals surface area contributed by atoms with Crippen LogP contribution in [0.5, 0.6) is 0 Å². The first kappa shape index (κ1) is 19.4. The zero-order valence-corrected chi connectivity index (χ0v) is 16.6. The Bertz CT molecular complexity index is 995. The molecule has 0 N–H and O–H groups in total. The molecule has 1 aliphatic heterocycles. The maximum Gasteiger partial charge on any atom is 0.337 e. The van der Waals surface area contributed by atoms with Crippen molar-refractivity contribution in [2.75, 3.05) is 7.11 Å². The number of rotatable bonds is 5. The number of esters is 1. The number of carbonyl (C=O) groups excluding carboxylic acids is 1. The molecule has 28 heavy (non-hydrogen) atoms. The second kappa shape index (κ2) is 8.57. The average Bonchev–Trinajstić information content (AvgIpc) is 3.20. The van der Waals surface area contributed by atoms with E-state index < -0.39 is 0 Å². The highest BCUT2D eigenvalue weighted by Crippen LogP contribution is 2.20. The molecular weight excluding hydrogens is 350 g/mol. The van der Waals surface area contributed by atoms with Gasteiger partial charge in [-0.2, -0.15) is 0 Å². The number of methoxy groups -OCH3 is 1. The van der Waals surface area contributed by atoms with Crippen molar-refractivity contribution in [3.63, 3.8) is 0 Å². The lowest BCUT2D eigenvalue weighted by atomic mass is 10.2. The number of aryl methyl sites for hydroxylation is 1. The van der Waals surface area contributed by atoms with Gasteiger partial charge in [0, 0.05) is 6.42 Å². The maximum absolute atomic E-state index is 11.5. The molecule has 0 bridgehead atoms. The molecule has 3 rings (SSSR count). The molecule has 0 amide bonds. The topological polar surface area (TPSA) is 63.4 Å². The van der Waals surface area contributed by atoms with Gasteiger partial charge in [-0.3, -0.25) is 9.98 Å². The minimum absolute atomic E-state index is 0.358. The van der Waals surface area contributed by atoms with Gasteiger partial charge in [-0.05, 0) is 57.2 Å². The lowest BCUT2D eigenvalue weighted by Gasteiger charge is -2.02. The predicted octanol–water partition coefficient (Wildman–Crippen LogP) is 5.40. The molecule has 0 unspecified atom stereocenters. The molecule has 1 aliphatic rings. The monoisotopic (exact) mass is 373 g/mol. The van der Waals surface area contributed by atoms with Gasteiger partial charge >= 0.3 is 5.97 Å². The Morgan fingerprint density at radius 1 is 0.929 bits per heavy atom. The summed E-state index contributed by atoms with van der Waals surface area (Å²) in [7, 11) is 1.37. The molecule has 0 saturated heterocycles. The summed E-state index contributed by atoms with van der Waals surface area (Å²) in [6.45, 7) is 5.97.